The Labute approximate surface area is 94.5 Å². The van der Waals surface area contributed by atoms with E-state index in [0.717, 1.165) is 0 Å². The molecule has 0 spiro atoms. The molecule has 0 fully saturated rings. The summed E-state index contributed by atoms with van der Waals surface area (Å²) in [6, 6.07) is 4.31. The van der Waals surface area contributed by atoms with Crippen LogP contribution in [-0.2, 0) is 0 Å². The first-order valence-corrected chi connectivity index (χ1v) is 5.24. The van der Waals surface area contributed by atoms with Crippen molar-refractivity contribution in [2.24, 2.45) is 0 Å². The topological polar surface area (TPSA) is 64.9 Å². The van der Waals surface area contributed by atoms with E-state index in [9.17, 15) is 4.39 Å². The quantitative estimate of drug-likeness (QED) is 0.810. The van der Waals surface area contributed by atoms with Gasteiger partial charge in [0.25, 0.3) is 0 Å². The summed E-state index contributed by atoms with van der Waals surface area (Å²) in [6.07, 6.45) is 0. The van der Waals surface area contributed by atoms with E-state index in [4.69, 9.17) is 23.1 Å². The molecule has 0 bridgehead atoms. The summed E-state index contributed by atoms with van der Waals surface area (Å²) in [4.78, 5) is 4.04. The van der Waals surface area contributed by atoms with Crippen molar-refractivity contribution in [3.8, 4) is 11.3 Å². The van der Waals surface area contributed by atoms with Crippen LogP contribution < -0.4 is 11.5 Å². The molecular formula is C9H7ClFN3S. The summed E-state index contributed by atoms with van der Waals surface area (Å²) in [7, 11) is 0. The molecule has 0 aliphatic carbocycles. The number of rotatable bonds is 1. The average Bonchev–Trinajstić information content (AvgIpc) is 2.50. The van der Waals surface area contributed by atoms with E-state index in [1.807, 2.05) is 0 Å². The number of nitrogens with two attached hydrogens (primary N) is 2. The minimum Gasteiger partial charge on any atom is -0.389 e. The van der Waals surface area contributed by atoms with Crippen molar-refractivity contribution in [1.29, 1.82) is 0 Å². The first-order chi connectivity index (χ1) is 7.08. The van der Waals surface area contributed by atoms with E-state index in [2.05, 4.69) is 4.98 Å². The Hall–Kier alpha value is -1.33. The van der Waals surface area contributed by atoms with E-state index in [0.29, 0.717) is 21.4 Å². The third-order valence-corrected chi connectivity index (χ3v) is 2.87. The van der Waals surface area contributed by atoms with Gasteiger partial charge in [0.2, 0.25) is 0 Å². The standard InChI is InChI=1S/C9H7ClFN3S/c10-5-3-4(1-2-6(5)11)7-8(12)15-9(13)14-7/h1-3H,12H2,(H2,13,14). The molecule has 15 heavy (non-hydrogen) atoms. The largest absolute Gasteiger partial charge is 0.389 e. The number of halogens is 2. The minimum atomic E-state index is -0.470. The zero-order valence-corrected chi connectivity index (χ0v) is 9.07. The van der Waals surface area contributed by atoms with Crippen molar-refractivity contribution in [2.75, 3.05) is 11.5 Å². The molecule has 0 amide bonds. The number of nitrogens with zero attached hydrogens (tertiary/aromatic N) is 1. The number of aromatic nitrogens is 1. The highest BCUT2D eigenvalue weighted by molar-refractivity contribution is 7.19. The van der Waals surface area contributed by atoms with Crippen LogP contribution in [0, 0.1) is 5.82 Å². The molecule has 1 aromatic carbocycles. The third-order valence-electron chi connectivity index (χ3n) is 1.86. The van der Waals surface area contributed by atoms with Crippen molar-refractivity contribution in [2.45, 2.75) is 0 Å². The Balaban J connectivity index is 2.54. The van der Waals surface area contributed by atoms with Crippen molar-refractivity contribution < 1.29 is 4.39 Å². The molecule has 1 heterocycles. The maximum absolute atomic E-state index is 12.9. The summed E-state index contributed by atoms with van der Waals surface area (Å²) < 4.78 is 12.9. The molecule has 0 atom stereocenters. The molecule has 0 radical (unpaired) electrons. The summed E-state index contributed by atoms with van der Waals surface area (Å²) >= 11 is 6.83. The number of thiazole rings is 1. The van der Waals surface area contributed by atoms with Gasteiger partial charge in [-0.15, -0.1) is 0 Å². The van der Waals surface area contributed by atoms with Crippen LogP contribution in [0.3, 0.4) is 0 Å². The normalized spacial score (nSPS) is 10.5. The van der Waals surface area contributed by atoms with E-state index in [1.165, 1.54) is 23.5 Å². The highest BCUT2D eigenvalue weighted by atomic mass is 35.5. The van der Waals surface area contributed by atoms with Crippen LogP contribution in [0.1, 0.15) is 0 Å². The third kappa shape index (κ3) is 1.88. The van der Waals surface area contributed by atoms with Gasteiger partial charge < -0.3 is 11.5 Å². The molecule has 0 saturated heterocycles. The lowest BCUT2D eigenvalue weighted by Crippen LogP contribution is -1.87. The molecule has 6 heteroatoms. The van der Waals surface area contributed by atoms with Crippen LogP contribution in [0.15, 0.2) is 18.2 Å². The maximum Gasteiger partial charge on any atom is 0.182 e. The molecule has 0 unspecified atom stereocenters. The zero-order chi connectivity index (χ0) is 11.0. The van der Waals surface area contributed by atoms with Gasteiger partial charge in [-0.3, -0.25) is 0 Å². The fourth-order valence-corrected chi connectivity index (χ4v) is 2.00. The fraction of sp³-hybridized carbons (Fsp3) is 0. The Morgan fingerprint density at radius 1 is 1.33 bits per heavy atom. The van der Waals surface area contributed by atoms with Crippen molar-refractivity contribution in [3.63, 3.8) is 0 Å². The van der Waals surface area contributed by atoms with Crippen LogP contribution in [0.4, 0.5) is 14.5 Å². The molecule has 78 valence electrons. The minimum absolute atomic E-state index is 0.0403. The van der Waals surface area contributed by atoms with Crippen molar-refractivity contribution >= 4 is 33.1 Å². The molecule has 1 aromatic heterocycles. The van der Waals surface area contributed by atoms with Gasteiger partial charge in [0, 0.05) is 5.56 Å². The summed E-state index contributed by atoms with van der Waals surface area (Å²) in [5.41, 5.74) is 12.4. The van der Waals surface area contributed by atoms with E-state index in [1.54, 1.807) is 6.07 Å². The van der Waals surface area contributed by atoms with Crippen LogP contribution in [-0.4, -0.2) is 4.98 Å². The lowest BCUT2D eigenvalue weighted by molar-refractivity contribution is 0.628. The number of anilines is 2. The average molecular weight is 244 g/mol. The summed E-state index contributed by atoms with van der Waals surface area (Å²) in [5, 5.41) is 0.914. The Morgan fingerprint density at radius 3 is 2.60 bits per heavy atom. The molecule has 0 aliphatic heterocycles. The molecule has 2 rings (SSSR count). The van der Waals surface area contributed by atoms with Gasteiger partial charge in [0.05, 0.1) is 5.02 Å². The second-order valence-corrected chi connectivity index (χ2v) is 4.36. The van der Waals surface area contributed by atoms with Crippen LogP contribution >= 0.6 is 22.9 Å². The smallest absolute Gasteiger partial charge is 0.182 e. The lowest BCUT2D eigenvalue weighted by atomic mass is 10.1. The SMILES string of the molecule is Nc1nc(-c2ccc(F)c(Cl)c2)c(N)s1. The maximum atomic E-state index is 12.9. The molecular weight excluding hydrogens is 237 g/mol. The van der Waals surface area contributed by atoms with Gasteiger partial charge in [0.1, 0.15) is 16.5 Å². The first-order valence-electron chi connectivity index (χ1n) is 4.05. The molecule has 4 N–H and O–H groups in total. The highest BCUT2D eigenvalue weighted by Gasteiger charge is 2.10. The van der Waals surface area contributed by atoms with Gasteiger partial charge in [-0.05, 0) is 18.2 Å². The van der Waals surface area contributed by atoms with Gasteiger partial charge in [-0.2, -0.15) is 0 Å². The summed E-state index contributed by atoms with van der Waals surface area (Å²) in [6.45, 7) is 0. The van der Waals surface area contributed by atoms with Crippen molar-refractivity contribution in [3.05, 3.63) is 29.0 Å². The zero-order valence-electron chi connectivity index (χ0n) is 7.50. The monoisotopic (exact) mass is 243 g/mol. The lowest BCUT2D eigenvalue weighted by Gasteiger charge is -1.99. The van der Waals surface area contributed by atoms with Gasteiger partial charge in [-0.25, -0.2) is 9.37 Å². The Bertz CT molecular complexity index is 512. The fourth-order valence-electron chi connectivity index (χ4n) is 1.20. The second-order valence-electron chi connectivity index (χ2n) is 2.89. The molecule has 0 aliphatic rings. The Morgan fingerprint density at radius 2 is 2.07 bits per heavy atom. The number of nitrogen functional groups attached to an aromatic ring is 2. The van der Waals surface area contributed by atoms with E-state index < -0.39 is 5.82 Å². The van der Waals surface area contributed by atoms with E-state index >= 15 is 0 Å². The first kappa shape index (κ1) is 10.2. The molecule has 3 nitrogen and oxygen atoms in total. The highest BCUT2D eigenvalue weighted by Crippen LogP contribution is 2.33. The van der Waals surface area contributed by atoms with Crippen LogP contribution in [0.5, 0.6) is 0 Å². The molecule has 0 saturated carbocycles. The molecule has 2 aromatic rings. The van der Waals surface area contributed by atoms with Crippen LogP contribution in [0.2, 0.25) is 5.02 Å². The van der Waals surface area contributed by atoms with Crippen LogP contribution in [0.25, 0.3) is 11.3 Å². The summed E-state index contributed by atoms with van der Waals surface area (Å²) in [5.74, 6) is -0.470. The Kier molecular flexibility index (Phi) is 2.50. The van der Waals surface area contributed by atoms with E-state index in [-0.39, 0.29) is 5.02 Å². The predicted molar refractivity (Wildman–Crippen MR) is 61.3 cm³/mol. The predicted octanol–water partition coefficient (Wildman–Crippen LogP) is 2.77. The van der Waals surface area contributed by atoms with Gasteiger partial charge in [0.15, 0.2) is 5.13 Å². The second kappa shape index (κ2) is 3.67. The van der Waals surface area contributed by atoms with Gasteiger partial charge >= 0.3 is 0 Å². The number of benzene rings is 1. The van der Waals surface area contributed by atoms with Crippen molar-refractivity contribution in [1.82, 2.24) is 4.98 Å². The number of hydrogen-bond donors (Lipinski definition) is 2. The van der Waals surface area contributed by atoms with Gasteiger partial charge in [-0.1, -0.05) is 22.9 Å². The number of hydrogen-bond acceptors (Lipinski definition) is 4.